The average Bonchev–Trinajstić information content (AvgIpc) is 3.15. The normalized spacial score (nSPS) is 43.4. The Hall–Kier alpha value is -1.67. The summed E-state index contributed by atoms with van der Waals surface area (Å²) in [7, 11) is 0. The second-order valence-corrected chi connectivity index (χ2v) is 13.0. The second kappa shape index (κ2) is 10.2. The van der Waals surface area contributed by atoms with Gasteiger partial charge in [0.05, 0.1) is 18.6 Å². The molecule has 0 aromatic heterocycles. The van der Waals surface area contributed by atoms with E-state index in [1.807, 2.05) is 0 Å². The number of carbonyl (C=O) groups excluding carboxylic acids is 1. The summed E-state index contributed by atoms with van der Waals surface area (Å²) >= 11 is 0. The van der Waals surface area contributed by atoms with Crippen LogP contribution in [0.1, 0.15) is 91.4 Å². The number of aliphatic carboxylic acids is 2. The zero-order chi connectivity index (χ0) is 26.4. The maximum Gasteiger partial charge on any atom is 0.326 e. The largest absolute Gasteiger partial charge is 0.481 e. The summed E-state index contributed by atoms with van der Waals surface area (Å²) in [5, 5.41) is 42.1. The van der Waals surface area contributed by atoms with E-state index in [0.717, 1.165) is 51.4 Å². The predicted octanol–water partition coefficient (Wildman–Crippen LogP) is 3.44. The Bertz CT molecular complexity index is 863. The molecule has 1 amide bonds. The van der Waals surface area contributed by atoms with Gasteiger partial charge in [-0.25, -0.2) is 4.79 Å². The van der Waals surface area contributed by atoms with Crippen molar-refractivity contribution >= 4 is 17.8 Å². The van der Waals surface area contributed by atoms with Crippen LogP contribution < -0.4 is 5.32 Å². The molecule has 4 saturated carbocycles. The minimum absolute atomic E-state index is 0.113. The summed E-state index contributed by atoms with van der Waals surface area (Å²) in [6.07, 6.45) is 7.55. The third kappa shape index (κ3) is 4.92. The van der Waals surface area contributed by atoms with Crippen LogP contribution in [0.4, 0.5) is 0 Å². The van der Waals surface area contributed by atoms with Crippen LogP contribution in [0.2, 0.25) is 0 Å². The lowest BCUT2D eigenvalue weighted by Gasteiger charge is -2.62. The summed E-state index contributed by atoms with van der Waals surface area (Å²) in [6, 6.07) is -1.41. The third-order valence-electron chi connectivity index (χ3n) is 11.3. The van der Waals surface area contributed by atoms with Gasteiger partial charge in [-0.05, 0) is 104 Å². The minimum Gasteiger partial charge on any atom is -0.481 e. The average molecular weight is 508 g/mol. The van der Waals surface area contributed by atoms with Crippen molar-refractivity contribution < 1.29 is 34.8 Å². The molecule has 8 heteroatoms. The van der Waals surface area contributed by atoms with E-state index in [4.69, 9.17) is 5.11 Å². The van der Waals surface area contributed by atoms with Crippen LogP contribution in [0, 0.1) is 46.3 Å². The molecule has 0 aliphatic heterocycles. The van der Waals surface area contributed by atoms with Crippen molar-refractivity contribution in [1.29, 1.82) is 0 Å². The van der Waals surface area contributed by atoms with Crippen molar-refractivity contribution in [3.05, 3.63) is 0 Å². The van der Waals surface area contributed by atoms with Gasteiger partial charge in [-0.2, -0.15) is 0 Å². The highest BCUT2D eigenvalue weighted by atomic mass is 16.4. The Morgan fingerprint density at radius 3 is 2.28 bits per heavy atom. The van der Waals surface area contributed by atoms with Gasteiger partial charge in [0.15, 0.2) is 0 Å². The molecule has 4 aliphatic carbocycles. The van der Waals surface area contributed by atoms with E-state index in [-0.39, 0.29) is 35.4 Å². The molecule has 0 unspecified atom stereocenters. The molecule has 0 saturated heterocycles. The standard InChI is InChI=1S/C28H45NO7/c1-15(4-7-23(32)29-21(26(35)36)14-24(33)34)18-5-6-19-25-20(9-11-28(18,19)3)27(2)10-8-17(30)12-16(27)13-22(25)31/h15-22,25,30-31H,4-14H2,1-3H3,(H,29,32)(H,33,34)(H,35,36)/t15-,16+,17-,18-,19+,20+,21+,22+,25+,27+,28-/m1/s1. The lowest BCUT2D eigenvalue weighted by Crippen LogP contribution is -2.58. The van der Waals surface area contributed by atoms with Gasteiger partial charge in [0.2, 0.25) is 5.91 Å². The first-order valence-corrected chi connectivity index (χ1v) is 14.0. The zero-order valence-electron chi connectivity index (χ0n) is 22.0. The monoisotopic (exact) mass is 507 g/mol. The Kier molecular flexibility index (Phi) is 7.78. The number of carbonyl (C=O) groups is 3. The Morgan fingerprint density at radius 2 is 1.61 bits per heavy atom. The lowest BCUT2D eigenvalue weighted by molar-refractivity contribution is -0.174. The summed E-state index contributed by atoms with van der Waals surface area (Å²) in [5.74, 6) is -0.638. The zero-order valence-corrected chi connectivity index (χ0v) is 22.0. The fourth-order valence-electron chi connectivity index (χ4n) is 9.38. The highest BCUT2D eigenvalue weighted by Crippen LogP contribution is 2.68. The topological polar surface area (TPSA) is 144 Å². The molecule has 36 heavy (non-hydrogen) atoms. The molecule has 8 nitrogen and oxygen atoms in total. The lowest BCUT2D eigenvalue weighted by atomic mass is 9.43. The molecule has 204 valence electrons. The molecule has 11 atom stereocenters. The Labute approximate surface area is 214 Å². The predicted molar refractivity (Wildman–Crippen MR) is 133 cm³/mol. The molecule has 0 heterocycles. The quantitative estimate of drug-likeness (QED) is 0.338. The number of hydrogen-bond donors (Lipinski definition) is 5. The smallest absolute Gasteiger partial charge is 0.326 e. The van der Waals surface area contributed by atoms with Crippen LogP contribution in [0.5, 0.6) is 0 Å². The number of carboxylic acids is 2. The number of aliphatic hydroxyl groups is 2. The van der Waals surface area contributed by atoms with E-state index >= 15 is 0 Å². The molecule has 4 rings (SSSR count). The number of carboxylic acid groups (broad SMARTS) is 2. The van der Waals surface area contributed by atoms with E-state index in [1.165, 1.54) is 0 Å². The highest BCUT2D eigenvalue weighted by Gasteiger charge is 2.62. The van der Waals surface area contributed by atoms with E-state index in [1.54, 1.807) is 0 Å². The van der Waals surface area contributed by atoms with Gasteiger partial charge in [0.25, 0.3) is 0 Å². The molecule has 5 N–H and O–H groups in total. The van der Waals surface area contributed by atoms with Crippen LogP contribution in [0.3, 0.4) is 0 Å². The first-order valence-electron chi connectivity index (χ1n) is 14.0. The van der Waals surface area contributed by atoms with E-state index in [0.29, 0.717) is 36.0 Å². The van der Waals surface area contributed by atoms with Gasteiger partial charge >= 0.3 is 11.9 Å². The van der Waals surface area contributed by atoms with Crippen LogP contribution in [-0.2, 0) is 14.4 Å². The van der Waals surface area contributed by atoms with Gasteiger partial charge < -0.3 is 25.7 Å². The molecule has 0 radical (unpaired) electrons. The van der Waals surface area contributed by atoms with E-state index < -0.39 is 30.3 Å². The van der Waals surface area contributed by atoms with Crippen molar-refractivity contribution in [1.82, 2.24) is 5.32 Å². The summed E-state index contributed by atoms with van der Waals surface area (Å²) in [4.78, 5) is 34.6. The van der Waals surface area contributed by atoms with Gasteiger partial charge in [0, 0.05) is 6.42 Å². The number of amides is 1. The molecular weight excluding hydrogens is 462 g/mol. The fourth-order valence-corrected chi connectivity index (χ4v) is 9.38. The maximum absolute atomic E-state index is 12.4. The van der Waals surface area contributed by atoms with Gasteiger partial charge in [-0.15, -0.1) is 0 Å². The van der Waals surface area contributed by atoms with Crippen LogP contribution in [0.15, 0.2) is 0 Å². The molecule has 0 aromatic rings. The summed E-state index contributed by atoms with van der Waals surface area (Å²) < 4.78 is 0. The maximum atomic E-state index is 12.4. The third-order valence-corrected chi connectivity index (χ3v) is 11.3. The molecular formula is C28H45NO7. The Morgan fingerprint density at radius 1 is 0.944 bits per heavy atom. The number of hydrogen-bond acceptors (Lipinski definition) is 5. The van der Waals surface area contributed by atoms with Crippen molar-refractivity contribution in [3.63, 3.8) is 0 Å². The molecule has 0 bridgehead atoms. The molecule has 0 spiro atoms. The summed E-state index contributed by atoms with van der Waals surface area (Å²) in [6.45, 7) is 6.99. The van der Waals surface area contributed by atoms with Crippen LogP contribution >= 0.6 is 0 Å². The Balaban J connectivity index is 1.40. The van der Waals surface area contributed by atoms with Crippen molar-refractivity contribution in [2.75, 3.05) is 0 Å². The van der Waals surface area contributed by atoms with Crippen LogP contribution in [-0.4, -0.2) is 56.5 Å². The van der Waals surface area contributed by atoms with E-state index in [9.17, 15) is 29.7 Å². The van der Waals surface area contributed by atoms with Crippen molar-refractivity contribution in [3.8, 4) is 0 Å². The summed E-state index contributed by atoms with van der Waals surface area (Å²) in [5.41, 5.74) is 0.311. The number of rotatable bonds is 8. The SMILES string of the molecule is C[C@H](CCC(=O)N[C@@H](CC(=O)O)C(=O)O)[C@H]1CC[C@H]2[C@@H]3[C@@H](O)C[C@@H]4C[C@H](O)CC[C@]4(C)[C@H]3CC[C@]12C. The van der Waals surface area contributed by atoms with Crippen molar-refractivity contribution in [2.45, 2.75) is 110 Å². The molecule has 4 aliphatic rings. The molecule has 4 fully saturated rings. The number of aliphatic hydroxyl groups excluding tert-OH is 2. The first kappa shape index (κ1) is 27.4. The van der Waals surface area contributed by atoms with E-state index in [2.05, 4.69) is 26.1 Å². The fraction of sp³-hybridized carbons (Fsp3) is 0.893. The van der Waals surface area contributed by atoms with Gasteiger partial charge in [0.1, 0.15) is 6.04 Å². The minimum atomic E-state index is -1.41. The first-order chi connectivity index (χ1) is 16.9. The van der Waals surface area contributed by atoms with Crippen LogP contribution in [0.25, 0.3) is 0 Å². The van der Waals surface area contributed by atoms with Crippen molar-refractivity contribution in [2.24, 2.45) is 46.3 Å². The molecule has 0 aromatic carbocycles. The van der Waals surface area contributed by atoms with Gasteiger partial charge in [-0.1, -0.05) is 20.8 Å². The van der Waals surface area contributed by atoms with Gasteiger partial charge in [-0.3, -0.25) is 9.59 Å². The number of nitrogens with one attached hydrogen (secondary N) is 1. The highest BCUT2D eigenvalue weighted by molar-refractivity contribution is 5.86. The number of fused-ring (bicyclic) bond motifs is 5. The second-order valence-electron chi connectivity index (χ2n) is 13.0.